The molecule has 0 bridgehead atoms. The fourth-order valence-electron chi connectivity index (χ4n) is 2.22. The van der Waals surface area contributed by atoms with Crippen molar-refractivity contribution in [3.63, 3.8) is 0 Å². The van der Waals surface area contributed by atoms with Crippen molar-refractivity contribution in [2.75, 3.05) is 0 Å². The molecule has 6 heteroatoms. The van der Waals surface area contributed by atoms with Gasteiger partial charge in [-0.05, 0) is 32.4 Å². The highest BCUT2D eigenvalue weighted by molar-refractivity contribution is 5.61. The van der Waals surface area contributed by atoms with Gasteiger partial charge in [0.05, 0.1) is 12.4 Å². The fraction of sp³-hybridized carbons (Fsp3) is 0.286. The summed E-state index contributed by atoms with van der Waals surface area (Å²) in [5, 5.41) is 8.64. The molecule has 0 aromatic carbocycles. The minimum absolute atomic E-state index is 0.726. The first-order chi connectivity index (χ1) is 9.54. The second-order valence-electron chi connectivity index (χ2n) is 4.91. The second-order valence-corrected chi connectivity index (χ2v) is 4.91. The lowest BCUT2D eigenvalue weighted by Crippen LogP contribution is -2.00. The van der Waals surface area contributed by atoms with Crippen molar-refractivity contribution in [3.05, 3.63) is 41.7 Å². The van der Waals surface area contributed by atoms with Crippen LogP contribution >= 0.6 is 0 Å². The number of aromatic nitrogens is 6. The first-order valence-corrected chi connectivity index (χ1v) is 6.41. The van der Waals surface area contributed by atoms with Crippen LogP contribution < -0.4 is 0 Å². The Hall–Kier alpha value is -2.50. The highest BCUT2D eigenvalue weighted by Gasteiger charge is 2.15. The Balaban J connectivity index is 2.19. The summed E-state index contributed by atoms with van der Waals surface area (Å²) in [4.78, 5) is 8.90. The van der Waals surface area contributed by atoms with Gasteiger partial charge in [0.15, 0.2) is 5.82 Å². The standard InChI is InChI=1S/C14H16N6/c1-9-5-10(2)15-7-13(9)14-17-11(3)18-20(14)12-6-16-19(4)8-12/h5-8H,1-4H3. The van der Waals surface area contributed by atoms with E-state index in [-0.39, 0.29) is 0 Å². The summed E-state index contributed by atoms with van der Waals surface area (Å²) in [7, 11) is 1.88. The summed E-state index contributed by atoms with van der Waals surface area (Å²) in [6.45, 7) is 5.92. The number of hydrogen-bond acceptors (Lipinski definition) is 4. The van der Waals surface area contributed by atoms with Crippen LogP contribution in [0.1, 0.15) is 17.1 Å². The fourth-order valence-corrected chi connectivity index (χ4v) is 2.22. The number of pyridine rings is 1. The maximum Gasteiger partial charge on any atom is 0.165 e. The molecule has 0 saturated carbocycles. The highest BCUT2D eigenvalue weighted by Crippen LogP contribution is 2.23. The van der Waals surface area contributed by atoms with Gasteiger partial charge < -0.3 is 0 Å². The van der Waals surface area contributed by atoms with Crippen molar-refractivity contribution < 1.29 is 0 Å². The Morgan fingerprint density at radius 1 is 1.10 bits per heavy atom. The van der Waals surface area contributed by atoms with E-state index in [4.69, 9.17) is 0 Å². The topological polar surface area (TPSA) is 61.4 Å². The average molecular weight is 268 g/mol. The summed E-state index contributed by atoms with van der Waals surface area (Å²) in [5.74, 6) is 1.52. The highest BCUT2D eigenvalue weighted by atomic mass is 15.4. The summed E-state index contributed by atoms with van der Waals surface area (Å²) >= 11 is 0. The van der Waals surface area contributed by atoms with Gasteiger partial charge in [0, 0.05) is 24.5 Å². The van der Waals surface area contributed by atoms with Gasteiger partial charge in [-0.25, -0.2) is 9.67 Å². The minimum Gasteiger partial charge on any atom is -0.274 e. The van der Waals surface area contributed by atoms with Gasteiger partial charge in [-0.3, -0.25) is 9.67 Å². The van der Waals surface area contributed by atoms with Crippen LogP contribution in [0.15, 0.2) is 24.7 Å². The molecule has 0 aliphatic heterocycles. The molecule has 0 aliphatic rings. The lowest BCUT2D eigenvalue weighted by molar-refractivity contribution is 0.766. The molecule has 0 atom stereocenters. The normalized spacial score (nSPS) is 11.0. The molecule has 0 saturated heterocycles. The second kappa shape index (κ2) is 4.56. The van der Waals surface area contributed by atoms with Gasteiger partial charge in [0.25, 0.3) is 0 Å². The van der Waals surface area contributed by atoms with Crippen molar-refractivity contribution in [2.24, 2.45) is 7.05 Å². The van der Waals surface area contributed by atoms with E-state index in [1.807, 2.05) is 44.0 Å². The van der Waals surface area contributed by atoms with Crippen LogP contribution in [-0.4, -0.2) is 29.5 Å². The number of rotatable bonds is 2. The van der Waals surface area contributed by atoms with E-state index in [1.165, 1.54) is 0 Å². The van der Waals surface area contributed by atoms with E-state index < -0.39 is 0 Å². The van der Waals surface area contributed by atoms with Crippen molar-refractivity contribution in [3.8, 4) is 17.1 Å². The van der Waals surface area contributed by atoms with E-state index in [0.717, 1.165) is 34.2 Å². The van der Waals surface area contributed by atoms with Crippen molar-refractivity contribution >= 4 is 0 Å². The summed E-state index contributed by atoms with van der Waals surface area (Å²) in [6, 6.07) is 2.05. The third-order valence-electron chi connectivity index (χ3n) is 3.14. The average Bonchev–Trinajstić information content (AvgIpc) is 2.95. The largest absolute Gasteiger partial charge is 0.274 e. The lowest BCUT2D eigenvalue weighted by atomic mass is 10.1. The summed E-state index contributed by atoms with van der Waals surface area (Å²) < 4.78 is 3.55. The molecule has 3 aromatic heterocycles. The Morgan fingerprint density at radius 2 is 1.90 bits per heavy atom. The molecule has 3 aromatic rings. The first-order valence-electron chi connectivity index (χ1n) is 6.41. The zero-order valence-corrected chi connectivity index (χ0v) is 12.0. The Kier molecular flexibility index (Phi) is 2.85. The van der Waals surface area contributed by atoms with E-state index in [0.29, 0.717) is 0 Å². The zero-order chi connectivity index (χ0) is 14.3. The van der Waals surface area contributed by atoms with Crippen molar-refractivity contribution in [1.29, 1.82) is 0 Å². The molecule has 6 nitrogen and oxygen atoms in total. The summed E-state index contributed by atoms with van der Waals surface area (Å²) in [5.41, 5.74) is 4.01. The molecule has 0 unspecified atom stereocenters. The van der Waals surface area contributed by atoms with Crippen molar-refractivity contribution in [1.82, 2.24) is 29.5 Å². The molecular weight excluding hydrogens is 252 g/mol. The Bertz CT molecular complexity index is 768. The third-order valence-corrected chi connectivity index (χ3v) is 3.14. The van der Waals surface area contributed by atoms with Gasteiger partial charge >= 0.3 is 0 Å². The van der Waals surface area contributed by atoms with Crippen LogP contribution in [0.4, 0.5) is 0 Å². The van der Waals surface area contributed by atoms with Gasteiger partial charge in [-0.15, -0.1) is 0 Å². The monoisotopic (exact) mass is 268 g/mol. The number of hydrogen-bond donors (Lipinski definition) is 0. The molecule has 20 heavy (non-hydrogen) atoms. The smallest absolute Gasteiger partial charge is 0.165 e. The number of nitrogens with zero attached hydrogens (tertiary/aromatic N) is 6. The van der Waals surface area contributed by atoms with Crippen LogP contribution in [0.2, 0.25) is 0 Å². The molecule has 3 rings (SSSR count). The van der Waals surface area contributed by atoms with E-state index in [9.17, 15) is 0 Å². The molecule has 0 N–H and O–H groups in total. The van der Waals surface area contributed by atoms with Crippen LogP contribution in [-0.2, 0) is 7.05 Å². The quantitative estimate of drug-likeness (QED) is 0.713. The SMILES string of the molecule is Cc1cc(C)c(-c2nc(C)nn2-c2cnn(C)c2)cn1. The summed E-state index contributed by atoms with van der Waals surface area (Å²) in [6.07, 6.45) is 5.53. The van der Waals surface area contributed by atoms with Gasteiger partial charge in [0.2, 0.25) is 0 Å². The molecule has 0 amide bonds. The van der Waals surface area contributed by atoms with E-state index >= 15 is 0 Å². The Labute approximate surface area is 117 Å². The van der Waals surface area contributed by atoms with Gasteiger partial charge in [-0.2, -0.15) is 10.2 Å². The third kappa shape index (κ3) is 2.09. The molecule has 0 spiro atoms. The van der Waals surface area contributed by atoms with E-state index in [2.05, 4.69) is 27.1 Å². The molecule has 0 radical (unpaired) electrons. The lowest BCUT2D eigenvalue weighted by Gasteiger charge is -2.06. The molecule has 0 aliphatic carbocycles. The molecule has 3 heterocycles. The molecule has 102 valence electrons. The van der Waals surface area contributed by atoms with E-state index in [1.54, 1.807) is 10.9 Å². The Morgan fingerprint density at radius 3 is 2.55 bits per heavy atom. The van der Waals surface area contributed by atoms with Gasteiger partial charge in [-0.1, -0.05) is 0 Å². The first kappa shape index (κ1) is 12.5. The maximum atomic E-state index is 4.53. The minimum atomic E-state index is 0.726. The maximum absolute atomic E-state index is 4.53. The number of aryl methyl sites for hydroxylation is 4. The van der Waals surface area contributed by atoms with Crippen LogP contribution in [0.5, 0.6) is 0 Å². The van der Waals surface area contributed by atoms with Crippen LogP contribution in [0.25, 0.3) is 17.1 Å². The predicted molar refractivity (Wildman–Crippen MR) is 75.6 cm³/mol. The molecular formula is C14H16N6. The molecule has 0 fully saturated rings. The zero-order valence-electron chi connectivity index (χ0n) is 12.0. The van der Waals surface area contributed by atoms with Crippen LogP contribution in [0.3, 0.4) is 0 Å². The predicted octanol–water partition coefficient (Wildman–Crippen LogP) is 1.99. The van der Waals surface area contributed by atoms with Crippen LogP contribution in [0, 0.1) is 20.8 Å². The van der Waals surface area contributed by atoms with Crippen molar-refractivity contribution in [2.45, 2.75) is 20.8 Å². The van der Waals surface area contributed by atoms with Gasteiger partial charge in [0.1, 0.15) is 11.5 Å².